The van der Waals surface area contributed by atoms with Gasteiger partial charge in [-0.25, -0.2) is 4.98 Å². The zero-order chi connectivity index (χ0) is 23.5. The number of nitrogens with zero attached hydrogens (tertiary/aromatic N) is 3. The van der Waals surface area contributed by atoms with E-state index in [2.05, 4.69) is 29.7 Å². The van der Waals surface area contributed by atoms with E-state index in [0.717, 1.165) is 47.7 Å². The second-order valence-corrected chi connectivity index (χ2v) is 9.07. The van der Waals surface area contributed by atoms with Crippen molar-refractivity contribution < 1.29 is 9.53 Å². The number of halogens is 1. The zero-order valence-corrected chi connectivity index (χ0v) is 20.0. The van der Waals surface area contributed by atoms with Gasteiger partial charge in [-0.2, -0.15) is 0 Å². The first-order chi connectivity index (χ1) is 16.6. The van der Waals surface area contributed by atoms with E-state index >= 15 is 0 Å². The molecular weight excluding hydrogens is 446 g/mol. The van der Waals surface area contributed by atoms with Crippen LogP contribution in [0.15, 0.2) is 72.8 Å². The lowest BCUT2D eigenvalue weighted by Crippen LogP contribution is -2.24. The topological polar surface area (TPSA) is 47.4 Å². The van der Waals surface area contributed by atoms with Crippen LogP contribution < -0.4 is 9.64 Å². The van der Waals surface area contributed by atoms with Crippen molar-refractivity contribution in [3.05, 3.63) is 89.2 Å². The van der Waals surface area contributed by atoms with E-state index in [4.69, 9.17) is 21.3 Å². The lowest BCUT2D eigenvalue weighted by Gasteiger charge is -2.18. The molecule has 0 aliphatic carbocycles. The number of para-hydroxylation sites is 3. The van der Waals surface area contributed by atoms with Crippen LogP contribution in [0, 0.1) is 0 Å². The predicted octanol–water partition coefficient (Wildman–Crippen LogP) is 6.24. The molecule has 6 heteroatoms. The lowest BCUT2D eigenvalue weighted by molar-refractivity contribution is -0.117. The molecule has 5 rings (SSSR count). The molecule has 1 atom stereocenters. The fourth-order valence-electron chi connectivity index (χ4n) is 4.66. The molecule has 2 heterocycles. The Morgan fingerprint density at radius 2 is 1.79 bits per heavy atom. The first-order valence-corrected chi connectivity index (χ1v) is 12.2. The molecule has 0 radical (unpaired) electrons. The largest absolute Gasteiger partial charge is 0.494 e. The Bertz CT molecular complexity index is 1300. The summed E-state index contributed by atoms with van der Waals surface area (Å²) in [6.45, 7) is 4.12. The molecule has 0 N–H and O–H groups in total. The average Bonchev–Trinajstić information content (AvgIpc) is 3.43. The van der Waals surface area contributed by atoms with Gasteiger partial charge in [0.25, 0.3) is 0 Å². The number of carbonyl (C=O) groups excluding carboxylic acids is 1. The summed E-state index contributed by atoms with van der Waals surface area (Å²) in [5.41, 5.74) is 4.12. The van der Waals surface area contributed by atoms with Crippen molar-refractivity contribution in [3.8, 4) is 5.75 Å². The maximum absolute atomic E-state index is 12.9. The van der Waals surface area contributed by atoms with Crippen LogP contribution in [0.2, 0.25) is 5.02 Å². The van der Waals surface area contributed by atoms with Crippen LogP contribution in [0.25, 0.3) is 11.0 Å². The fourth-order valence-corrected chi connectivity index (χ4v) is 4.90. The molecule has 5 nitrogen and oxygen atoms in total. The van der Waals surface area contributed by atoms with E-state index in [1.54, 1.807) is 4.90 Å². The van der Waals surface area contributed by atoms with Crippen LogP contribution in [0.3, 0.4) is 0 Å². The number of ether oxygens (including phenoxy) is 1. The van der Waals surface area contributed by atoms with Crippen LogP contribution in [-0.4, -0.2) is 28.6 Å². The third-order valence-corrected chi connectivity index (χ3v) is 6.76. The summed E-state index contributed by atoms with van der Waals surface area (Å²) < 4.78 is 8.23. The van der Waals surface area contributed by atoms with E-state index in [0.29, 0.717) is 24.6 Å². The quantitative estimate of drug-likeness (QED) is 0.284. The van der Waals surface area contributed by atoms with E-state index in [1.165, 1.54) is 5.56 Å². The highest BCUT2D eigenvalue weighted by Crippen LogP contribution is 2.36. The molecule has 0 spiro atoms. The Morgan fingerprint density at radius 3 is 2.59 bits per heavy atom. The molecule has 34 heavy (non-hydrogen) atoms. The van der Waals surface area contributed by atoms with Gasteiger partial charge < -0.3 is 14.2 Å². The van der Waals surface area contributed by atoms with Crippen molar-refractivity contribution in [2.24, 2.45) is 0 Å². The number of hydrogen-bond donors (Lipinski definition) is 0. The van der Waals surface area contributed by atoms with Gasteiger partial charge in [-0.1, -0.05) is 54.9 Å². The summed E-state index contributed by atoms with van der Waals surface area (Å²) >= 11 is 6.38. The summed E-state index contributed by atoms with van der Waals surface area (Å²) in [6.07, 6.45) is 2.29. The molecule has 0 saturated carbocycles. The Hall–Kier alpha value is -3.31. The highest BCUT2D eigenvalue weighted by atomic mass is 35.5. The summed E-state index contributed by atoms with van der Waals surface area (Å²) in [7, 11) is 0. The predicted molar refractivity (Wildman–Crippen MR) is 137 cm³/mol. The highest BCUT2D eigenvalue weighted by Gasteiger charge is 2.35. The summed E-state index contributed by atoms with van der Waals surface area (Å²) in [5.74, 6) is 1.94. The second-order valence-electron chi connectivity index (χ2n) is 8.67. The maximum Gasteiger partial charge on any atom is 0.227 e. The minimum absolute atomic E-state index is 0.0127. The van der Waals surface area contributed by atoms with Crippen molar-refractivity contribution in [3.63, 3.8) is 0 Å². The molecule has 174 valence electrons. The van der Waals surface area contributed by atoms with Gasteiger partial charge >= 0.3 is 0 Å². The van der Waals surface area contributed by atoms with Crippen LogP contribution >= 0.6 is 11.6 Å². The van der Waals surface area contributed by atoms with Crippen LogP contribution in [0.4, 0.5) is 5.69 Å². The van der Waals surface area contributed by atoms with Crippen LogP contribution in [-0.2, 0) is 17.8 Å². The molecule has 3 aromatic carbocycles. The number of amides is 1. The van der Waals surface area contributed by atoms with Crippen molar-refractivity contribution in [2.45, 2.75) is 38.6 Å². The van der Waals surface area contributed by atoms with E-state index in [9.17, 15) is 4.79 Å². The van der Waals surface area contributed by atoms with Gasteiger partial charge in [-0.3, -0.25) is 4.79 Å². The number of carbonyl (C=O) groups is 1. The summed E-state index contributed by atoms with van der Waals surface area (Å²) in [4.78, 5) is 19.6. The third-order valence-electron chi connectivity index (χ3n) is 6.44. The standard InChI is InChI=1S/C28H28ClN3O2/c1-2-20-12-14-22(15-13-20)34-17-7-16-31-26-11-6-4-9-24(26)30-28(31)21-18-27(33)32(19-21)25-10-5-3-8-23(25)29/h3-6,8-15,21H,2,7,16-19H2,1H3. The van der Waals surface area contributed by atoms with Gasteiger partial charge in [0.15, 0.2) is 0 Å². The average molecular weight is 474 g/mol. The third kappa shape index (κ3) is 4.53. The molecular formula is C28H28ClN3O2. The Morgan fingerprint density at radius 1 is 1.03 bits per heavy atom. The van der Waals surface area contributed by atoms with Gasteiger partial charge in [0.1, 0.15) is 11.6 Å². The zero-order valence-electron chi connectivity index (χ0n) is 19.3. The molecule has 1 amide bonds. The van der Waals surface area contributed by atoms with Gasteiger partial charge in [0.05, 0.1) is 28.4 Å². The molecule has 1 aromatic heterocycles. The minimum atomic E-state index is 0.0127. The molecule has 1 unspecified atom stereocenters. The van der Waals surface area contributed by atoms with Crippen LogP contribution in [0.1, 0.15) is 37.1 Å². The normalized spacial score (nSPS) is 15.9. The van der Waals surface area contributed by atoms with Gasteiger partial charge in [-0.05, 0) is 54.8 Å². The smallest absolute Gasteiger partial charge is 0.227 e. The maximum atomic E-state index is 12.9. The Labute approximate surface area is 204 Å². The summed E-state index contributed by atoms with van der Waals surface area (Å²) in [6, 6.07) is 24.0. The number of aromatic nitrogens is 2. The second kappa shape index (κ2) is 9.90. The number of benzene rings is 3. The first kappa shape index (κ1) is 22.5. The molecule has 1 fully saturated rings. The molecule has 1 aliphatic rings. The molecule has 1 saturated heterocycles. The van der Waals surface area contributed by atoms with Crippen molar-refractivity contribution in [1.29, 1.82) is 0 Å². The first-order valence-electron chi connectivity index (χ1n) is 11.9. The van der Waals surface area contributed by atoms with Crippen molar-refractivity contribution in [1.82, 2.24) is 9.55 Å². The number of hydrogen-bond acceptors (Lipinski definition) is 3. The van der Waals surface area contributed by atoms with Gasteiger partial charge in [0.2, 0.25) is 5.91 Å². The molecule has 4 aromatic rings. The number of anilines is 1. The monoisotopic (exact) mass is 473 g/mol. The van der Waals surface area contributed by atoms with E-state index in [1.807, 2.05) is 54.6 Å². The van der Waals surface area contributed by atoms with Gasteiger partial charge in [-0.15, -0.1) is 0 Å². The van der Waals surface area contributed by atoms with E-state index in [-0.39, 0.29) is 11.8 Å². The highest BCUT2D eigenvalue weighted by molar-refractivity contribution is 6.33. The minimum Gasteiger partial charge on any atom is -0.494 e. The van der Waals surface area contributed by atoms with Crippen LogP contribution in [0.5, 0.6) is 5.75 Å². The van der Waals surface area contributed by atoms with E-state index < -0.39 is 0 Å². The number of imidazole rings is 1. The SMILES string of the molecule is CCc1ccc(OCCCn2c(C3CC(=O)N(c4ccccc4Cl)C3)nc3ccccc32)cc1. The number of fused-ring (bicyclic) bond motifs is 1. The number of aryl methyl sites for hydroxylation is 2. The Balaban J connectivity index is 1.33. The van der Waals surface area contributed by atoms with Crippen molar-refractivity contribution in [2.75, 3.05) is 18.1 Å². The molecule has 1 aliphatic heterocycles. The fraction of sp³-hybridized carbons (Fsp3) is 0.286. The van der Waals surface area contributed by atoms with Crippen molar-refractivity contribution >= 4 is 34.2 Å². The molecule has 0 bridgehead atoms. The van der Waals surface area contributed by atoms with Gasteiger partial charge in [0, 0.05) is 25.4 Å². The summed E-state index contributed by atoms with van der Waals surface area (Å²) in [5, 5.41) is 0.592. The number of rotatable bonds is 8. The Kier molecular flexibility index (Phi) is 6.54. The lowest BCUT2D eigenvalue weighted by atomic mass is 10.1.